The van der Waals surface area contributed by atoms with Crippen molar-refractivity contribution in [1.82, 2.24) is 5.32 Å². The van der Waals surface area contributed by atoms with E-state index in [9.17, 15) is 4.79 Å². The smallest absolute Gasteiger partial charge is 0.220 e. The van der Waals surface area contributed by atoms with Crippen LogP contribution >= 0.6 is 15.9 Å². The summed E-state index contributed by atoms with van der Waals surface area (Å²) in [5.74, 6) is 1.22. The summed E-state index contributed by atoms with van der Waals surface area (Å²) >= 11 is 3.39. The molecule has 0 aliphatic heterocycles. The fraction of sp³-hybridized carbons (Fsp3) is 0.588. The molecule has 1 atom stereocenters. The summed E-state index contributed by atoms with van der Waals surface area (Å²) < 4.78 is 6.66. The number of carbonyl (C=O) groups excluding carboxylic acids is 1. The third-order valence-electron chi connectivity index (χ3n) is 4.00. The molecular formula is C17H27BrN2O2. The van der Waals surface area contributed by atoms with Gasteiger partial charge in [0, 0.05) is 17.4 Å². The molecule has 1 rings (SSSR count). The molecule has 1 amide bonds. The monoisotopic (exact) mass is 370 g/mol. The van der Waals surface area contributed by atoms with Gasteiger partial charge in [-0.25, -0.2) is 0 Å². The zero-order valence-corrected chi connectivity index (χ0v) is 15.3. The van der Waals surface area contributed by atoms with E-state index >= 15 is 0 Å². The first-order valence-electron chi connectivity index (χ1n) is 7.77. The normalized spacial score (nSPS) is 13.7. The molecule has 0 aliphatic carbocycles. The minimum atomic E-state index is -0.328. The molecule has 5 heteroatoms. The Morgan fingerprint density at radius 1 is 1.32 bits per heavy atom. The predicted octanol–water partition coefficient (Wildman–Crippen LogP) is 3.49. The van der Waals surface area contributed by atoms with E-state index in [1.807, 2.05) is 31.2 Å². The number of rotatable bonds is 9. The van der Waals surface area contributed by atoms with Gasteiger partial charge >= 0.3 is 0 Å². The molecule has 4 nitrogen and oxygen atoms in total. The van der Waals surface area contributed by atoms with Crippen molar-refractivity contribution in [3.63, 3.8) is 0 Å². The van der Waals surface area contributed by atoms with E-state index < -0.39 is 0 Å². The molecule has 0 saturated heterocycles. The highest BCUT2D eigenvalue weighted by Crippen LogP contribution is 2.17. The van der Waals surface area contributed by atoms with Gasteiger partial charge in [0.2, 0.25) is 5.91 Å². The van der Waals surface area contributed by atoms with E-state index in [1.165, 1.54) is 0 Å². The maximum absolute atomic E-state index is 12.0. The Bertz CT molecular complexity index is 462. The average Bonchev–Trinajstić information content (AvgIpc) is 2.48. The van der Waals surface area contributed by atoms with Gasteiger partial charge in [-0.15, -0.1) is 0 Å². The first-order chi connectivity index (χ1) is 10.4. The van der Waals surface area contributed by atoms with Crippen LogP contribution in [0.4, 0.5) is 0 Å². The molecule has 1 unspecified atom stereocenters. The second-order valence-corrected chi connectivity index (χ2v) is 7.00. The first-order valence-corrected chi connectivity index (χ1v) is 8.56. The quantitative estimate of drug-likeness (QED) is 0.653. The second-order valence-electron chi connectivity index (χ2n) is 6.08. The number of benzene rings is 1. The molecular weight excluding hydrogens is 344 g/mol. The maximum atomic E-state index is 12.0. The summed E-state index contributed by atoms with van der Waals surface area (Å²) in [5, 5.41) is 3.05. The molecule has 124 valence electrons. The van der Waals surface area contributed by atoms with Crippen molar-refractivity contribution in [2.45, 2.75) is 45.6 Å². The third-order valence-corrected chi connectivity index (χ3v) is 4.53. The van der Waals surface area contributed by atoms with Crippen LogP contribution in [0.5, 0.6) is 5.75 Å². The van der Waals surface area contributed by atoms with Crippen LogP contribution in [-0.2, 0) is 4.79 Å². The third kappa shape index (κ3) is 6.36. The minimum Gasteiger partial charge on any atom is -0.494 e. The number of halogens is 1. The van der Waals surface area contributed by atoms with Crippen molar-refractivity contribution in [2.24, 2.45) is 11.7 Å². The topological polar surface area (TPSA) is 64.3 Å². The highest BCUT2D eigenvalue weighted by Gasteiger charge is 2.28. The summed E-state index contributed by atoms with van der Waals surface area (Å²) in [6, 6.07) is 7.74. The van der Waals surface area contributed by atoms with E-state index in [0.717, 1.165) is 23.1 Å². The van der Waals surface area contributed by atoms with Gasteiger partial charge < -0.3 is 15.8 Å². The average molecular weight is 371 g/mol. The molecule has 0 radical (unpaired) electrons. The Balaban J connectivity index is 2.21. The SMILES string of the molecule is CC(C)C(C)(CN)NC(=O)CCCCOc1ccc(Br)cc1. The van der Waals surface area contributed by atoms with Crippen molar-refractivity contribution < 1.29 is 9.53 Å². The van der Waals surface area contributed by atoms with Crippen LogP contribution in [0.2, 0.25) is 0 Å². The first kappa shape index (κ1) is 19.0. The van der Waals surface area contributed by atoms with Gasteiger partial charge in [-0.05, 0) is 49.9 Å². The molecule has 0 heterocycles. The van der Waals surface area contributed by atoms with Crippen molar-refractivity contribution in [3.8, 4) is 5.75 Å². The molecule has 0 aliphatic rings. The molecule has 0 bridgehead atoms. The Hall–Kier alpha value is -1.07. The summed E-state index contributed by atoms with van der Waals surface area (Å²) in [6.07, 6.45) is 2.16. The van der Waals surface area contributed by atoms with Gasteiger partial charge in [-0.2, -0.15) is 0 Å². The van der Waals surface area contributed by atoms with Gasteiger partial charge in [0.25, 0.3) is 0 Å². The lowest BCUT2D eigenvalue weighted by atomic mass is 9.88. The highest BCUT2D eigenvalue weighted by molar-refractivity contribution is 9.10. The standard InChI is InChI=1S/C17H27BrN2O2/c1-13(2)17(3,12-19)20-16(21)6-4-5-11-22-15-9-7-14(18)8-10-15/h7-10,13H,4-6,11-12,19H2,1-3H3,(H,20,21). The number of hydrogen-bond donors (Lipinski definition) is 2. The van der Waals surface area contributed by atoms with Gasteiger partial charge in [0.05, 0.1) is 12.1 Å². The number of carbonyl (C=O) groups is 1. The number of unbranched alkanes of at least 4 members (excludes halogenated alkanes) is 1. The van der Waals surface area contributed by atoms with E-state index in [0.29, 0.717) is 25.5 Å². The van der Waals surface area contributed by atoms with Crippen LogP contribution in [0, 0.1) is 5.92 Å². The van der Waals surface area contributed by atoms with Crippen molar-refractivity contribution in [1.29, 1.82) is 0 Å². The largest absolute Gasteiger partial charge is 0.494 e. The highest BCUT2D eigenvalue weighted by atomic mass is 79.9. The van der Waals surface area contributed by atoms with Crippen LogP contribution in [0.25, 0.3) is 0 Å². The molecule has 3 N–H and O–H groups in total. The Kier molecular flexibility index (Phi) is 7.90. The van der Waals surface area contributed by atoms with Gasteiger partial charge in [0.15, 0.2) is 0 Å². The fourth-order valence-electron chi connectivity index (χ4n) is 1.92. The van der Waals surface area contributed by atoms with E-state index in [1.54, 1.807) is 0 Å². The molecule has 22 heavy (non-hydrogen) atoms. The summed E-state index contributed by atoms with van der Waals surface area (Å²) in [5.41, 5.74) is 5.44. The fourth-order valence-corrected chi connectivity index (χ4v) is 2.18. The van der Waals surface area contributed by atoms with Crippen LogP contribution in [-0.4, -0.2) is 24.6 Å². The van der Waals surface area contributed by atoms with E-state index in [4.69, 9.17) is 10.5 Å². The summed E-state index contributed by atoms with van der Waals surface area (Å²) in [6.45, 7) is 7.20. The number of nitrogens with one attached hydrogen (secondary N) is 1. The zero-order valence-electron chi connectivity index (χ0n) is 13.7. The Morgan fingerprint density at radius 3 is 2.50 bits per heavy atom. The number of amides is 1. The number of hydrogen-bond acceptors (Lipinski definition) is 3. The number of nitrogens with two attached hydrogens (primary N) is 1. The lowest BCUT2D eigenvalue weighted by molar-refractivity contribution is -0.123. The van der Waals surface area contributed by atoms with Crippen molar-refractivity contribution >= 4 is 21.8 Å². The van der Waals surface area contributed by atoms with Gasteiger partial charge in [0.1, 0.15) is 5.75 Å². The van der Waals surface area contributed by atoms with Gasteiger partial charge in [-0.3, -0.25) is 4.79 Å². The Morgan fingerprint density at radius 2 is 1.95 bits per heavy atom. The maximum Gasteiger partial charge on any atom is 0.220 e. The molecule has 0 spiro atoms. The number of ether oxygens (including phenoxy) is 1. The lowest BCUT2D eigenvalue weighted by Gasteiger charge is -2.33. The summed E-state index contributed by atoms with van der Waals surface area (Å²) in [7, 11) is 0. The Labute approximate surface area is 141 Å². The molecule has 1 aromatic carbocycles. The van der Waals surface area contributed by atoms with Crippen LogP contribution in [0.15, 0.2) is 28.7 Å². The van der Waals surface area contributed by atoms with E-state index in [-0.39, 0.29) is 11.4 Å². The molecule has 1 aromatic rings. The molecule has 0 fully saturated rings. The van der Waals surface area contributed by atoms with Crippen LogP contribution in [0.3, 0.4) is 0 Å². The van der Waals surface area contributed by atoms with Crippen LogP contribution < -0.4 is 15.8 Å². The minimum absolute atomic E-state index is 0.0605. The van der Waals surface area contributed by atoms with Crippen molar-refractivity contribution in [3.05, 3.63) is 28.7 Å². The molecule has 0 aromatic heterocycles. The second kappa shape index (κ2) is 9.16. The van der Waals surface area contributed by atoms with Gasteiger partial charge in [-0.1, -0.05) is 29.8 Å². The molecule has 0 saturated carbocycles. The predicted molar refractivity (Wildman–Crippen MR) is 93.9 cm³/mol. The van der Waals surface area contributed by atoms with Crippen molar-refractivity contribution in [2.75, 3.05) is 13.2 Å². The summed E-state index contributed by atoms with van der Waals surface area (Å²) in [4.78, 5) is 12.0. The zero-order chi connectivity index (χ0) is 16.6. The van der Waals surface area contributed by atoms with E-state index in [2.05, 4.69) is 35.1 Å². The lowest BCUT2D eigenvalue weighted by Crippen LogP contribution is -2.54. The van der Waals surface area contributed by atoms with Crippen LogP contribution in [0.1, 0.15) is 40.0 Å².